The van der Waals surface area contributed by atoms with Crippen LogP contribution in [-0.2, 0) is 37.0 Å². The van der Waals surface area contributed by atoms with Crippen molar-refractivity contribution in [3.05, 3.63) is 71.8 Å². The maximum Gasteiger partial charge on any atom is 0.303 e. The van der Waals surface area contributed by atoms with Crippen LogP contribution in [0.4, 0.5) is 0 Å². The second-order valence-corrected chi connectivity index (χ2v) is 10.5. The van der Waals surface area contributed by atoms with Gasteiger partial charge in [-0.2, -0.15) is 0 Å². The van der Waals surface area contributed by atoms with Crippen molar-refractivity contribution in [2.45, 2.75) is 123 Å². The lowest BCUT2D eigenvalue weighted by Gasteiger charge is -2.27. The number of ketones is 1. The topological polar surface area (TPSA) is 61.8 Å². The molecular weight excluding hydrogens is 488 g/mol. The van der Waals surface area contributed by atoms with Crippen LogP contribution < -0.4 is 0 Å². The summed E-state index contributed by atoms with van der Waals surface area (Å²) in [6, 6.07) is 19.8. The molecule has 39 heavy (non-hydrogen) atoms. The average molecular weight is 539 g/mol. The number of benzene rings is 2. The monoisotopic (exact) mass is 538 g/mol. The van der Waals surface area contributed by atoms with E-state index in [9.17, 15) is 9.59 Å². The van der Waals surface area contributed by atoms with Crippen LogP contribution in [0, 0.1) is 0 Å². The molecule has 5 nitrogen and oxygen atoms in total. The molecule has 0 radical (unpaired) electrons. The number of carbonyl (C=O) groups is 2. The minimum Gasteiger partial charge on any atom is -0.457 e. The fourth-order valence-electron chi connectivity index (χ4n) is 4.69. The van der Waals surface area contributed by atoms with Crippen molar-refractivity contribution in [2.24, 2.45) is 0 Å². The van der Waals surface area contributed by atoms with Crippen molar-refractivity contribution in [1.82, 2.24) is 0 Å². The molecule has 5 heteroatoms. The predicted octanol–water partition coefficient (Wildman–Crippen LogP) is 8.38. The van der Waals surface area contributed by atoms with Crippen molar-refractivity contribution in [3.63, 3.8) is 0 Å². The van der Waals surface area contributed by atoms with Crippen molar-refractivity contribution < 1.29 is 23.8 Å². The molecule has 0 unspecified atom stereocenters. The lowest BCUT2D eigenvalue weighted by molar-refractivity contribution is -0.163. The molecule has 0 saturated heterocycles. The molecule has 2 rings (SSSR count). The van der Waals surface area contributed by atoms with Gasteiger partial charge in [-0.1, -0.05) is 125 Å². The van der Waals surface area contributed by atoms with E-state index in [2.05, 4.69) is 6.92 Å². The van der Waals surface area contributed by atoms with Crippen LogP contribution in [0.25, 0.3) is 0 Å². The molecule has 216 valence electrons. The highest BCUT2D eigenvalue weighted by Gasteiger charge is 2.26. The fraction of sp³-hybridized carbons (Fsp3) is 0.588. The van der Waals surface area contributed by atoms with Crippen LogP contribution in [0.1, 0.15) is 108 Å². The Morgan fingerprint density at radius 2 is 1.21 bits per heavy atom. The average Bonchev–Trinajstić information content (AvgIpc) is 2.94. The first-order chi connectivity index (χ1) is 19.1. The molecule has 0 aromatic heterocycles. The zero-order valence-electron chi connectivity index (χ0n) is 24.3. The lowest BCUT2D eigenvalue weighted by Crippen LogP contribution is -2.37. The molecule has 0 amide bonds. The van der Waals surface area contributed by atoms with Gasteiger partial charge in [-0.25, -0.2) is 0 Å². The summed E-state index contributed by atoms with van der Waals surface area (Å²) in [6.07, 6.45) is 13.0. The van der Waals surface area contributed by atoms with Crippen LogP contribution in [0.15, 0.2) is 60.7 Å². The SMILES string of the molecule is CCCCCCCCCCCCC(=O)CC[C@H](OCc1ccccc1)[C@@H](COCc1ccccc1)OC(C)=O. The van der Waals surface area contributed by atoms with E-state index >= 15 is 0 Å². The number of hydrogen-bond donors (Lipinski definition) is 0. The quantitative estimate of drug-likeness (QED) is 0.105. The van der Waals surface area contributed by atoms with Gasteiger partial charge >= 0.3 is 5.97 Å². The molecule has 0 fully saturated rings. The van der Waals surface area contributed by atoms with Crippen molar-refractivity contribution in [3.8, 4) is 0 Å². The highest BCUT2D eigenvalue weighted by molar-refractivity contribution is 5.78. The van der Waals surface area contributed by atoms with Gasteiger partial charge in [-0.15, -0.1) is 0 Å². The maximum absolute atomic E-state index is 12.7. The Labute approximate surface area is 236 Å². The van der Waals surface area contributed by atoms with Gasteiger partial charge in [0.25, 0.3) is 0 Å². The van der Waals surface area contributed by atoms with Crippen molar-refractivity contribution >= 4 is 11.8 Å². The minimum absolute atomic E-state index is 0.209. The van der Waals surface area contributed by atoms with E-state index in [1.807, 2.05) is 60.7 Å². The summed E-state index contributed by atoms with van der Waals surface area (Å²) in [7, 11) is 0. The second-order valence-electron chi connectivity index (χ2n) is 10.5. The second kappa shape index (κ2) is 21.3. The highest BCUT2D eigenvalue weighted by Crippen LogP contribution is 2.18. The van der Waals surface area contributed by atoms with E-state index in [1.54, 1.807) is 0 Å². The van der Waals surface area contributed by atoms with E-state index in [0.29, 0.717) is 32.5 Å². The third-order valence-corrected chi connectivity index (χ3v) is 6.95. The number of ether oxygens (including phenoxy) is 3. The van der Waals surface area contributed by atoms with Gasteiger partial charge in [0.05, 0.1) is 25.9 Å². The predicted molar refractivity (Wildman–Crippen MR) is 157 cm³/mol. The van der Waals surface area contributed by atoms with E-state index < -0.39 is 12.2 Å². The van der Waals surface area contributed by atoms with Crippen molar-refractivity contribution in [1.29, 1.82) is 0 Å². The summed E-state index contributed by atoms with van der Waals surface area (Å²) in [4.78, 5) is 24.6. The van der Waals surface area contributed by atoms with Crippen LogP contribution in [0.5, 0.6) is 0 Å². The highest BCUT2D eigenvalue weighted by atomic mass is 16.6. The Balaban J connectivity index is 1.81. The molecule has 0 bridgehead atoms. The molecule has 0 aliphatic carbocycles. The summed E-state index contributed by atoms with van der Waals surface area (Å²) < 4.78 is 17.8. The standard InChI is InChI=1S/C34H50O5/c1-3-4-5-6-7-8-9-10-11-18-23-32(36)24-25-33(38-27-31-21-16-13-17-22-31)34(39-29(2)35)28-37-26-30-19-14-12-15-20-30/h12-17,19-22,33-34H,3-11,18,23-28H2,1-2H3/t33-,34+/m0/s1. The number of carbonyl (C=O) groups excluding carboxylic acids is 2. The van der Waals surface area contributed by atoms with Gasteiger partial charge in [0, 0.05) is 19.8 Å². The van der Waals surface area contributed by atoms with Crippen molar-refractivity contribution in [2.75, 3.05) is 6.61 Å². The van der Waals surface area contributed by atoms with Crippen LogP contribution in [-0.4, -0.2) is 30.6 Å². The molecule has 2 atom stereocenters. The number of esters is 1. The molecule has 0 heterocycles. The summed E-state index contributed by atoms with van der Waals surface area (Å²) >= 11 is 0. The van der Waals surface area contributed by atoms with E-state index in [4.69, 9.17) is 14.2 Å². The molecular formula is C34H50O5. The maximum atomic E-state index is 12.7. The Hall–Kier alpha value is -2.50. The molecule has 0 N–H and O–H groups in total. The Morgan fingerprint density at radius 3 is 1.77 bits per heavy atom. The Morgan fingerprint density at radius 1 is 0.667 bits per heavy atom. The van der Waals surface area contributed by atoms with Gasteiger partial charge in [0.1, 0.15) is 5.78 Å². The molecule has 0 aliphatic rings. The van der Waals surface area contributed by atoms with Gasteiger partial charge in [0.2, 0.25) is 0 Å². The zero-order chi connectivity index (χ0) is 28.0. The largest absolute Gasteiger partial charge is 0.457 e. The Kier molecular flexibility index (Phi) is 17.9. The summed E-state index contributed by atoms with van der Waals surface area (Å²) in [5, 5.41) is 0. The smallest absolute Gasteiger partial charge is 0.303 e. The molecule has 0 aliphatic heterocycles. The Bertz CT molecular complexity index is 883. The lowest BCUT2D eigenvalue weighted by atomic mass is 10.0. The number of unbranched alkanes of at least 4 members (excludes halogenated alkanes) is 9. The minimum atomic E-state index is -0.583. The number of Topliss-reactive ketones (excluding diaryl/α,β-unsaturated/α-hetero) is 1. The normalized spacial score (nSPS) is 12.7. The van der Waals surface area contributed by atoms with E-state index in [1.165, 1.54) is 58.3 Å². The van der Waals surface area contributed by atoms with Gasteiger partial charge in [0.15, 0.2) is 6.10 Å². The zero-order valence-corrected chi connectivity index (χ0v) is 24.3. The molecule has 2 aromatic carbocycles. The first-order valence-corrected chi connectivity index (χ1v) is 15.0. The third kappa shape index (κ3) is 16.3. The first-order valence-electron chi connectivity index (χ1n) is 15.0. The molecule has 0 saturated carbocycles. The summed E-state index contributed by atoms with van der Waals surface area (Å²) in [6.45, 7) is 4.66. The first kappa shape index (κ1) is 32.7. The molecule has 2 aromatic rings. The number of hydrogen-bond acceptors (Lipinski definition) is 5. The summed E-state index contributed by atoms with van der Waals surface area (Å²) in [5.41, 5.74) is 2.08. The van der Waals surface area contributed by atoms with E-state index in [-0.39, 0.29) is 18.4 Å². The molecule has 0 spiro atoms. The van der Waals surface area contributed by atoms with Gasteiger partial charge < -0.3 is 14.2 Å². The van der Waals surface area contributed by atoms with Crippen LogP contribution in [0.2, 0.25) is 0 Å². The van der Waals surface area contributed by atoms with Crippen LogP contribution in [0.3, 0.4) is 0 Å². The third-order valence-electron chi connectivity index (χ3n) is 6.95. The summed E-state index contributed by atoms with van der Waals surface area (Å²) in [5.74, 6) is -0.136. The fourth-order valence-corrected chi connectivity index (χ4v) is 4.69. The van der Waals surface area contributed by atoms with E-state index in [0.717, 1.165) is 24.0 Å². The van der Waals surface area contributed by atoms with Gasteiger partial charge in [-0.05, 0) is 24.0 Å². The number of rotatable bonds is 23. The van der Waals surface area contributed by atoms with Crippen LogP contribution >= 0.6 is 0 Å². The van der Waals surface area contributed by atoms with Gasteiger partial charge in [-0.3, -0.25) is 9.59 Å².